The molecule has 3 aromatic heterocycles. The van der Waals surface area contributed by atoms with Crippen LogP contribution in [0.3, 0.4) is 0 Å². The predicted octanol–water partition coefficient (Wildman–Crippen LogP) is 15.9. The van der Waals surface area contributed by atoms with Gasteiger partial charge in [0.05, 0.1) is 65.3 Å². The molecule has 107 heavy (non-hydrogen) atoms. The lowest BCUT2D eigenvalue weighted by Gasteiger charge is -2.12. The number of Topliss-reactive ketones (excluding diaryl/α,β-unsaturated/α-hetero) is 2. The number of carbonyl (C=O) groups excluding carboxylic acids is 8. The summed E-state index contributed by atoms with van der Waals surface area (Å²) >= 11 is 23.8. The molecule has 0 spiro atoms. The number of rotatable bonds is 23. The third kappa shape index (κ3) is 36.1. The van der Waals surface area contributed by atoms with Gasteiger partial charge in [0.1, 0.15) is 46.5 Å². The molecule has 4 N–H and O–H groups in total. The van der Waals surface area contributed by atoms with Crippen LogP contribution in [-0.2, 0) is 78.3 Å². The van der Waals surface area contributed by atoms with E-state index in [2.05, 4.69) is 49.0 Å². The number of hydrogen-bond acceptors (Lipinski definition) is 19. The first kappa shape index (κ1) is 96.8. The number of carboxylic acid groups (broad SMARTS) is 1. The lowest BCUT2D eigenvalue weighted by Crippen LogP contribution is -2.21. The van der Waals surface area contributed by atoms with E-state index in [0.29, 0.717) is 44.2 Å². The lowest BCUT2D eigenvalue weighted by atomic mass is 10.0. The monoisotopic (exact) mass is 1610 g/mol. The molecule has 4 aromatic carbocycles. The predicted molar refractivity (Wildman–Crippen MR) is 368 cm³/mol. The van der Waals surface area contributed by atoms with Gasteiger partial charge in [0.25, 0.3) is 31.6 Å². The van der Waals surface area contributed by atoms with Gasteiger partial charge in [0.15, 0.2) is 0 Å². The number of aromatic nitrogens is 6. The number of aryl methyl sites for hydroxylation is 3. The Kier molecular flexibility index (Phi) is 46.2. The van der Waals surface area contributed by atoms with Crippen molar-refractivity contribution < 1.29 is 129 Å². The van der Waals surface area contributed by atoms with Crippen LogP contribution in [-0.4, -0.2) is 147 Å². The highest BCUT2D eigenvalue weighted by Gasteiger charge is 2.29. The zero-order chi connectivity index (χ0) is 82.0. The standard InChI is InChI=1S/C18H13Cl2F2N3O.C12H9Cl2N.C9H12F2O4.C8H10F2N2O2.C6H6F2N2O2.C6H8F2O3.C4H6F2O2.C4H8O2/c1-25-9-12(16(24-25)17(21)22)18(26)23-15-5-3-2-4-11(15)10-6-7-13(19)14(20)8-10;13-10-6-5-8(7-11(10)14)9-3-1-2-4-12(9)15;1-3-14-5-6(7(12)8(10)11)9(13)15-4-2;1-3-14-8(13)5-4-12(2)11-6(5)7(9)10;1-10-2-3(6(11)12)4(9-10)5(7)8;1-2-11-5(10)3-4(9)6(7)8;1-2-8-4(7)3(5)6;1-3-6-4(2)5/h2-9,17H,1H3,(H,23,26);1-7H,15H2;5,8H,3-4H2,1-2H3;4,7H,3H2,1-2H3;2,5H,1H3,(H,11,12);6H,2-3H2,1H3;3H,2H2,1H3;3H2,1-2H3/b;;6-5-;;;;;. The lowest BCUT2D eigenvalue weighted by molar-refractivity contribution is -0.156. The third-order valence-electron chi connectivity index (χ3n) is 11.8. The maximum Gasteiger partial charge on any atom is 0.373 e. The first-order chi connectivity index (χ1) is 50.2. The van der Waals surface area contributed by atoms with E-state index in [-0.39, 0.29) is 50.1 Å². The second kappa shape index (κ2) is 51.1. The summed E-state index contributed by atoms with van der Waals surface area (Å²) in [5, 5.41) is 23.4. The molecule has 0 bridgehead atoms. The number of nitrogen functional groups attached to an aromatic ring is 1. The maximum atomic E-state index is 13.1. The molecular weight excluding hydrogens is 1540 g/mol. The second-order valence-electron chi connectivity index (χ2n) is 19.7. The van der Waals surface area contributed by atoms with Gasteiger partial charge in [-0.25, -0.2) is 63.1 Å². The topological polar surface area (TPSA) is 321 Å². The number of nitrogens with zero attached hydrogens (tertiary/aromatic N) is 6. The van der Waals surface area contributed by atoms with Gasteiger partial charge < -0.3 is 44.6 Å². The summed E-state index contributed by atoms with van der Waals surface area (Å²) in [7, 11) is 4.33. The van der Waals surface area contributed by atoms with Crippen molar-refractivity contribution in [1.82, 2.24) is 29.3 Å². The summed E-state index contributed by atoms with van der Waals surface area (Å²) in [5.74, 6) is -9.49. The van der Waals surface area contributed by atoms with Crippen molar-refractivity contribution in [3.63, 3.8) is 0 Å². The number of para-hydroxylation sites is 2. The van der Waals surface area contributed by atoms with Crippen LogP contribution in [0.5, 0.6) is 0 Å². The van der Waals surface area contributed by atoms with E-state index in [1.54, 1.807) is 69.3 Å². The Morgan fingerprint density at radius 2 is 0.944 bits per heavy atom. The van der Waals surface area contributed by atoms with Gasteiger partial charge in [-0.3, -0.25) is 38.0 Å². The Morgan fingerprint density at radius 3 is 1.33 bits per heavy atom. The van der Waals surface area contributed by atoms with Crippen LogP contribution in [0.1, 0.15) is 122 Å². The van der Waals surface area contributed by atoms with Gasteiger partial charge >= 0.3 is 48.7 Å². The summed E-state index contributed by atoms with van der Waals surface area (Å²) in [5.41, 5.74) is 7.06. The molecule has 588 valence electrons. The Bertz CT molecular complexity index is 4050. The fourth-order valence-corrected chi connectivity index (χ4v) is 7.96. The Balaban J connectivity index is 0.00000124. The van der Waals surface area contributed by atoms with Crippen LogP contribution < -0.4 is 11.1 Å². The van der Waals surface area contributed by atoms with Gasteiger partial charge in [-0.1, -0.05) is 94.9 Å². The van der Waals surface area contributed by atoms with E-state index in [1.165, 1.54) is 65.9 Å². The molecule has 0 saturated heterocycles. The normalized spacial score (nSPS) is 10.4. The fraction of sp³-hybridized carbons (Fsp3) is 0.343. The Hall–Kier alpha value is -10.2. The summed E-state index contributed by atoms with van der Waals surface area (Å²) in [6.07, 6.45) is -14.4. The highest BCUT2D eigenvalue weighted by molar-refractivity contribution is 6.42. The number of esters is 5. The van der Waals surface area contributed by atoms with Gasteiger partial charge in [-0.05, 0) is 89.1 Å². The molecule has 7 rings (SSSR count). The number of halogens is 16. The average Bonchev–Trinajstić information content (AvgIpc) is 1.80. The number of ketones is 2. The van der Waals surface area contributed by atoms with E-state index in [4.69, 9.17) is 57.2 Å². The molecule has 7 aromatic rings. The highest BCUT2D eigenvalue weighted by atomic mass is 35.5. The van der Waals surface area contributed by atoms with Crippen LogP contribution >= 0.6 is 46.4 Å². The van der Waals surface area contributed by atoms with E-state index >= 15 is 0 Å². The maximum absolute atomic E-state index is 13.1. The van der Waals surface area contributed by atoms with Crippen LogP contribution in [0.2, 0.25) is 20.1 Å². The first-order valence-electron chi connectivity index (χ1n) is 30.6. The molecule has 24 nitrogen and oxygen atoms in total. The molecule has 0 aliphatic carbocycles. The number of ether oxygens (including phenoxy) is 6. The minimum atomic E-state index is -3.25. The Morgan fingerprint density at radius 1 is 0.514 bits per heavy atom. The van der Waals surface area contributed by atoms with Gasteiger partial charge in [0.2, 0.25) is 11.6 Å². The molecule has 0 aliphatic heterocycles. The number of alkyl halides is 12. The number of anilines is 2. The van der Waals surface area contributed by atoms with Crippen molar-refractivity contribution >= 4 is 111 Å². The minimum absolute atomic E-state index is 0.00117. The zero-order valence-electron chi connectivity index (χ0n) is 58.2. The highest BCUT2D eigenvalue weighted by Crippen LogP contribution is 2.35. The number of benzene rings is 4. The van der Waals surface area contributed by atoms with Crippen molar-refractivity contribution in [2.75, 3.05) is 50.7 Å². The number of amides is 1. The SMILES string of the molecule is CCO/C=C(\C(=O)OCC)C(=O)C(F)F.CCOC(=O)C(F)F.CCOC(=O)CC(=O)C(F)F.CCOC(=O)c1cn(C)nc1C(F)F.CCOC(C)=O.Cn1cc(C(=O)Nc2ccccc2-c2ccc(Cl)c(Cl)c2)c(C(F)F)n1.Cn1cc(C(=O)O)c(C(F)F)n1.Nc1ccccc1-c1ccc(Cl)c(Cl)c1. The first-order valence-corrected chi connectivity index (χ1v) is 32.1. The molecular formula is C67H72Cl4F12N8O16. The quantitative estimate of drug-likeness (QED) is 0.00783. The van der Waals surface area contributed by atoms with Crippen molar-refractivity contribution in [2.45, 2.75) is 93.4 Å². The van der Waals surface area contributed by atoms with Crippen LogP contribution in [0, 0.1) is 0 Å². The number of hydrogen-bond donors (Lipinski definition) is 3. The van der Waals surface area contributed by atoms with Crippen LogP contribution in [0.15, 0.2) is 115 Å². The van der Waals surface area contributed by atoms with Crippen molar-refractivity contribution in [3.8, 4) is 22.3 Å². The van der Waals surface area contributed by atoms with Crippen molar-refractivity contribution in [2.24, 2.45) is 21.1 Å². The van der Waals surface area contributed by atoms with Crippen molar-refractivity contribution in [3.05, 3.63) is 169 Å². The van der Waals surface area contributed by atoms with Gasteiger partial charge in [0, 0.05) is 69.2 Å². The van der Waals surface area contributed by atoms with E-state index in [9.17, 15) is 95.8 Å². The molecule has 3 heterocycles. The Labute approximate surface area is 623 Å². The van der Waals surface area contributed by atoms with Crippen molar-refractivity contribution in [1.29, 1.82) is 0 Å². The zero-order valence-corrected chi connectivity index (χ0v) is 61.2. The van der Waals surface area contributed by atoms with E-state index in [0.717, 1.165) is 37.9 Å². The van der Waals surface area contributed by atoms with Gasteiger partial charge in [-0.15, -0.1) is 0 Å². The average molecular weight is 1620 g/mol. The molecule has 40 heteroatoms. The van der Waals surface area contributed by atoms with E-state index in [1.807, 2.05) is 36.4 Å². The largest absolute Gasteiger partial charge is 0.500 e. The molecule has 0 atom stereocenters. The second-order valence-corrected chi connectivity index (χ2v) is 21.3. The number of aromatic carboxylic acids is 1. The molecule has 0 unspecified atom stereocenters. The van der Waals surface area contributed by atoms with Crippen LogP contribution in [0.25, 0.3) is 22.3 Å². The summed E-state index contributed by atoms with van der Waals surface area (Å²) in [6.45, 7) is 11.8. The smallest absolute Gasteiger partial charge is 0.373 e. The van der Waals surface area contributed by atoms with Crippen LogP contribution in [0.4, 0.5) is 64.1 Å². The molecule has 1 amide bonds. The molecule has 0 radical (unpaired) electrons. The number of nitrogens with two attached hydrogens (primary N) is 1. The summed E-state index contributed by atoms with van der Waals surface area (Å²) < 4.78 is 174. The minimum Gasteiger partial charge on any atom is -0.500 e. The molecule has 0 aliphatic rings. The number of carboxylic acids is 1. The molecule has 0 fully saturated rings. The summed E-state index contributed by atoms with van der Waals surface area (Å²) in [6, 6.07) is 25.2. The number of carbonyl (C=O) groups is 9. The van der Waals surface area contributed by atoms with Gasteiger partial charge in [-0.2, -0.15) is 24.1 Å². The van der Waals surface area contributed by atoms with E-state index < -0.39 is 121 Å². The number of nitrogens with one attached hydrogen (secondary N) is 1. The third-order valence-corrected chi connectivity index (χ3v) is 13.2. The molecule has 0 saturated carbocycles. The fourth-order valence-electron chi connectivity index (χ4n) is 7.37. The summed E-state index contributed by atoms with van der Waals surface area (Å²) in [4.78, 5) is 96.1.